The first kappa shape index (κ1) is 25.9. The number of ether oxygens (including phenoxy) is 2. The molecule has 0 bridgehead atoms. The van der Waals surface area contributed by atoms with E-state index in [1.54, 1.807) is 36.3 Å². The van der Waals surface area contributed by atoms with Gasteiger partial charge in [-0.25, -0.2) is 18.4 Å². The van der Waals surface area contributed by atoms with E-state index in [0.29, 0.717) is 50.5 Å². The third-order valence-corrected chi connectivity index (χ3v) is 6.98. The zero-order valence-electron chi connectivity index (χ0n) is 21.7. The average molecular weight is 532 g/mol. The molecule has 3 aliphatic rings. The summed E-state index contributed by atoms with van der Waals surface area (Å²) in [5, 5.41) is 0. The number of hydrogen-bond acceptors (Lipinski definition) is 7. The molecule has 10 nitrogen and oxygen atoms in total. The summed E-state index contributed by atoms with van der Waals surface area (Å²) >= 11 is 0. The molecule has 2 atom stereocenters. The van der Waals surface area contributed by atoms with E-state index in [1.807, 2.05) is 0 Å². The molecule has 2 aromatic rings. The summed E-state index contributed by atoms with van der Waals surface area (Å²) in [5.41, 5.74) is -0.723. The number of likely N-dealkylation sites (tertiary alicyclic amines) is 1. The first-order valence-corrected chi connectivity index (χ1v) is 12.7. The van der Waals surface area contributed by atoms with Gasteiger partial charge in [-0.3, -0.25) is 14.3 Å². The van der Waals surface area contributed by atoms with Crippen molar-refractivity contribution in [3.05, 3.63) is 51.9 Å². The number of benzene rings is 1. The van der Waals surface area contributed by atoms with Gasteiger partial charge in [0.25, 0.3) is 0 Å². The Morgan fingerprint density at radius 3 is 2.61 bits per heavy atom. The number of aromatic nitrogens is 2. The highest BCUT2D eigenvalue weighted by Gasteiger charge is 2.42. The minimum absolute atomic E-state index is 0.0751. The Kier molecular flexibility index (Phi) is 6.74. The molecule has 1 aromatic carbocycles. The first-order valence-electron chi connectivity index (χ1n) is 12.7. The van der Waals surface area contributed by atoms with Crippen molar-refractivity contribution in [2.24, 2.45) is 0 Å². The van der Waals surface area contributed by atoms with Crippen molar-refractivity contribution in [3.8, 4) is 5.88 Å². The molecule has 0 saturated carbocycles. The molecule has 4 heterocycles. The summed E-state index contributed by atoms with van der Waals surface area (Å²) in [5.74, 6) is -1.31. The Morgan fingerprint density at radius 1 is 1.08 bits per heavy atom. The number of carbonyl (C=O) groups is 2. The highest BCUT2D eigenvalue weighted by Crippen LogP contribution is 2.31. The predicted octanol–water partition coefficient (Wildman–Crippen LogP) is 2.53. The second kappa shape index (κ2) is 9.88. The molecule has 3 aliphatic heterocycles. The van der Waals surface area contributed by atoms with E-state index in [0.717, 1.165) is 18.6 Å². The molecular weight excluding hydrogens is 500 g/mol. The third-order valence-electron chi connectivity index (χ3n) is 6.98. The molecule has 12 heteroatoms. The van der Waals surface area contributed by atoms with Crippen LogP contribution in [0.4, 0.5) is 19.4 Å². The highest BCUT2D eigenvalue weighted by atomic mass is 19.2. The van der Waals surface area contributed by atoms with Crippen molar-refractivity contribution in [3.63, 3.8) is 0 Å². The van der Waals surface area contributed by atoms with Crippen molar-refractivity contribution in [1.82, 2.24) is 19.4 Å². The smallest absolute Gasteiger partial charge is 0.410 e. The number of rotatable bonds is 4. The number of fused-ring (bicyclic) bond motifs is 3. The van der Waals surface area contributed by atoms with Gasteiger partial charge in [0.1, 0.15) is 24.1 Å². The molecule has 0 aliphatic carbocycles. The Labute approximate surface area is 218 Å². The van der Waals surface area contributed by atoms with E-state index in [2.05, 4.69) is 9.88 Å². The van der Waals surface area contributed by atoms with Gasteiger partial charge in [-0.2, -0.15) is 4.98 Å². The largest absolute Gasteiger partial charge is 0.473 e. The lowest BCUT2D eigenvalue weighted by atomic mass is 10.1. The SMILES string of the molecule is CC(C)(C)OC(=O)N1CCCC1C(=O)N1CCN2c3cc(OCc4ccc(F)c(F)c4)nc(=O)n3CC2C1. The number of halogens is 2. The van der Waals surface area contributed by atoms with Gasteiger partial charge in [-0.15, -0.1) is 0 Å². The fourth-order valence-corrected chi connectivity index (χ4v) is 5.24. The van der Waals surface area contributed by atoms with Crippen LogP contribution in [-0.2, 0) is 22.7 Å². The van der Waals surface area contributed by atoms with Crippen molar-refractivity contribution in [2.45, 2.75) is 64.4 Å². The predicted molar refractivity (Wildman–Crippen MR) is 133 cm³/mol. The second-order valence-corrected chi connectivity index (χ2v) is 10.8. The van der Waals surface area contributed by atoms with Gasteiger partial charge in [0.05, 0.1) is 12.6 Å². The summed E-state index contributed by atoms with van der Waals surface area (Å²) < 4.78 is 39.3. The van der Waals surface area contributed by atoms with Crippen LogP contribution >= 0.6 is 0 Å². The summed E-state index contributed by atoms with van der Waals surface area (Å²) in [4.78, 5) is 48.2. The standard InChI is InChI=1S/C26H31F2N5O5/c1-26(2,3)38-25(36)32-8-4-5-20(32)23(34)30-9-10-31-17(13-30)14-33-22(31)12-21(29-24(33)35)37-15-16-6-7-18(27)19(28)11-16/h6-7,11-12,17,20H,4-5,8-10,13-15H2,1-3H3. The molecule has 0 spiro atoms. The molecule has 0 radical (unpaired) electrons. The molecule has 0 N–H and O–H groups in total. The first-order chi connectivity index (χ1) is 18.0. The van der Waals surface area contributed by atoms with Crippen LogP contribution in [0.5, 0.6) is 5.88 Å². The lowest BCUT2D eigenvalue weighted by Crippen LogP contribution is -2.57. The van der Waals surface area contributed by atoms with Crippen LogP contribution in [0.3, 0.4) is 0 Å². The van der Waals surface area contributed by atoms with Gasteiger partial charge in [0, 0.05) is 32.2 Å². The van der Waals surface area contributed by atoms with E-state index in [4.69, 9.17) is 9.47 Å². The second-order valence-electron chi connectivity index (χ2n) is 10.8. The van der Waals surface area contributed by atoms with Crippen LogP contribution in [0, 0.1) is 11.6 Å². The maximum Gasteiger partial charge on any atom is 0.410 e. The van der Waals surface area contributed by atoms with Gasteiger partial charge in [0.15, 0.2) is 11.6 Å². The van der Waals surface area contributed by atoms with Crippen LogP contribution < -0.4 is 15.3 Å². The van der Waals surface area contributed by atoms with E-state index in [1.165, 1.54) is 11.0 Å². The van der Waals surface area contributed by atoms with Crippen LogP contribution in [0.2, 0.25) is 0 Å². The Bertz CT molecular complexity index is 1310. The van der Waals surface area contributed by atoms with Crippen molar-refractivity contribution >= 4 is 17.8 Å². The van der Waals surface area contributed by atoms with Crippen molar-refractivity contribution in [1.29, 1.82) is 0 Å². The zero-order chi connectivity index (χ0) is 27.2. The topological polar surface area (TPSA) is 97.2 Å². The molecular formula is C26H31F2N5O5. The van der Waals surface area contributed by atoms with E-state index in [-0.39, 0.29) is 24.4 Å². The molecule has 38 heavy (non-hydrogen) atoms. The lowest BCUT2D eigenvalue weighted by molar-refractivity contribution is -0.136. The number of hydrogen-bond donors (Lipinski definition) is 0. The van der Waals surface area contributed by atoms with E-state index in [9.17, 15) is 23.2 Å². The Balaban J connectivity index is 1.25. The fourth-order valence-electron chi connectivity index (χ4n) is 5.24. The van der Waals surface area contributed by atoms with Crippen molar-refractivity contribution in [2.75, 3.05) is 31.1 Å². The quantitative estimate of drug-likeness (QED) is 0.598. The van der Waals surface area contributed by atoms with Gasteiger partial charge < -0.3 is 19.3 Å². The van der Waals surface area contributed by atoms with Crippen LogP contribution in [0.15, 0.2) is 29.1 Å². The Hall–Kier alpha value is -3.70. The summed E-state index contributed by atoms with van der Waals surface area (Å²) in [7, 11) is 0. The number of amides is 2. The van der Waals surface area contributed by atoms with Crippen molar-refractivity contribution < 1.29 is 27.8 Å². The van der Waals surface area contributed by atoms with E-state index < -0.39 is 35.1 Å². The number of nitrogens with zero attached hydrogens (tertiary/aromatic N) is 5. The number of anilines is 1. The maximum absolute atomic E-state index is 13.5. The van der Waals surface area contributed by atoms with Crippen LogP contribution in [0.25, 0.3) is 0 Å². The minimum atomic E-state index is -0.977. The molecule has 5 rings (SSSR count). The fraction of sp³-hybridized carbons (Fsp3) is 0.538. The molecule has 1 aromatic heterocycles. The van der Waals surface area contributed by atoms with E-state index >= 15 is 0 Å². The molecule has 2 amide bonds. The van der Waals surface area contributed by atoms with Crippen LogP contribution in [-0.4, -0.2) is 75.2 Å². The van der Waals surface area contributed by atoms with Gasteiger partial charge in [-0.1, -0.05) is 6.07 Å². The van der Waals surface area contributed by atoms with Gasteiger partial charge >= 0.3 is 11.8 Å². The lowest BCUT2D eigenvalue weighted by Gasteiger charge is -2.40. The van der Waals surface area contributed by atoms with Crippen LogP contribution in [0.1, 0.15) is 39.2 Å². The minimum Gasteiger partial charge on any atom is -0.473 e. The summed E-state index contributed by atoms with van der Waals surface area (Å²) in [6, 6.07) is 4.43. The normalized spacial score (nSPS) is 20.8. The zero-order valence-corrected chi connectivity index (χ0v) is 21.7. The third kappa shape index (κ3) is 5.16. The average Bonchev–Trinajstić information content (AvgIpc) is 3.48. The molecule has 2 fully saturated rings. The molecule has 2 unspecified atom stereocenters. The van der Waals surface area contributed by atoms with Gasteiger partial charge in [-0.05, 0) is 51.3 Å². The number of carbonyl (C=O) groups excluding carboxylic acids is 2. The molecule has 2 saturated heterocycles. The summed E-state index contributed by atoms with van der Waals surface area (Å²) in [6.07, 6.45) is 0.846. The highest BCUT2D eigenvalue weighted by molar-refractivity contribution is 5.86. The molecule has 204 valence electrons. The monoisotopic (exact) mass is 531 g/mol. The summed E-state index contributed by atoms with van der Waals surface area (Å²) in [6.45, 7) is 7.51. The van der Waals surface area contributed by atoms with Gasteiger partial charge in [0.2, 0.25) is 11.8 Å². The number of piperazine rings is 1. The maximum atomic E-state index is 13.5. The Morgan fingerprint density at radius 2 is 1.87 bits per heavy atom.